The molecule has 0 aromatic rings. The predicted octanol–water partition coefficient (Wildman–Crippen LogP) is 2.43. The zero-order valence-corrected chi connectivity index (χ0v) is 30.0. The number of allylic oxidation sites excluding steroid dienone is 2. The minimum atomic E-state index is -1.80. The molecule has 0 aromatic carbocycles. The summed E-state index contributed by atoms with van der Waals surface area (Å²) in [5, 5.41) is 62.0. The minimum Gasteiger partial charge on any atom is -0.481 e. The molecule has 294 valence electrons. The lowest BCUT2D eigenvalue weighted by molar-refractivity contribution is -0.370. The Labute approximate surface area is 300 Å². The van der Waals surface area contributed by atoms with Gasteiger partial charge in [-0.3, -0.25) is 14.4 Å². The van der Waals surface area contributed by atoms with E-state index in [1.165, 1.54) is 6.92 Å². The van der Waals surface area contributed by atoms with E-state index >= 15 is 0 Å². The number of rotatable bonds is 25. The van der Waals surface area contributed by atoms with Gasteiger partial charge in [-0.15, -0.1) is 6.58 Å². The van der Waals surface area contributed by atoms with Crippen LogP contribution < -0.4 is 0 Å². The van der Waals surface area contributed by atoms with Gasteiger partial charge in [0, 0.05) is 20.3 Å². The van der Waals surface area contributed by atoms with E-state index in [2.05, 4.69) is 18.7 Å². The van der Waals surface area contributed by atoms with Gasteiger partial charge in [0.1, 0.15) is 62.0 Å². The van der Waals surface area contributed by atoms with Gasteiger partial charge < -0.3 is 59.1 Å². The van der Waals surface area contributed by atoms with Gasteiger partial charge in [0.05, 0.1) is 6.10 Å². The van der Waals surface area contributed by atoms with Gasteiger partial charge in [0.25, 0.3) is 0 Å². The molecule has 0 spiro atoms. The van der Waals surface area contributed by atoms with E-state index in [-0.39, 0.29) is 13.0 Å². The third kappa shape index (κ3) is 16.8. The van der Waals surface area contributed by atoms with Crippen LogP contribution in [-0.2, 0) is 42.8 Å². The lowest BCUT2D eigenvalue weighted by atomic mass is 9.97. The normalized spacial score (nSPS) is 30.2. The number of carboxylic acids is 1. The Morgan fingerprint density at radius 1 is 0.667 bits per heavy atom. The van der Waals surface area contributed by atoms with Gasteiger partial charge in [-0.25, -0.2) is 0 Å². The first-order valence-corrected chi connectivity index (χ1v) is 18.1. The molecule has 15 heteroatoms. The summed E-state index contributed by atoms with van der Waals surface area (Å²) in [5.41, 5.74) is 0. The highest BCUT2D eigenvalue weighted by molar-refractivity contribution is 5.66. The van der Waals surface area contributed by atoms with E-state index in [0.29, 0.717) is 6.42 Å². The van der Waals surface area contributed by atoms with Crippen LogP contribution in [-0.4, -0.2) is 129 Å². The average Bonchev–Trinajstić information content (AvgIpc) is 3.08. The highest BCUT2D eigenvalue weighted by Gasteiger charge is 2.51. The van der Waals surface area contributed by atoms with Crippen molar-refractivity contribution in [3.8, 4) is 0 Å². The van der Waals surface area contributed by atoms with Crippen LogP contribution in [0.25, 0.3) is 0 Å². The van der Waals surface area contributed by atoms with Crippen molar-refractivity contribution in [3.63, 3.8) is 0 Å². The first-order valence-electron chi connectivity index (χ1n) is 18.1. The fraction of sp³-hybridized carbons (Fsp3) is 0.806. The summed E-state index contributed by atoms with van der Waals surface area (Å²) in [7, 11) is 0. The molecular formula is C36H60O15. The van der Waals surface area contributed by atoms with Gasteiger partial charge in [-0.1, -0.05) is 63.2 Å². The zero-order chi connectivity index (χ0) is 37.8. The summed E-state index contributed by atoms with van der Waals surface area (Å²) in [5.74, 6) is -2.02. The van der Waals surface area contributed by atoms with E-state index in [1.807, 2.05) is 0 Å². The van der Waals surface area contributed by atoms with Crippen molar-refractivity contribution in [1.82, 2.24) is 0 Å². The number of carboxylic acid groups (broad SMARTS) is 1. The van der Waals surface area contributed by atoms with Gasteiger partial charge >= 0.3 is 17.9 Å². The van der Waals surface area contributed by atoms with Crippen molar-refractivity contribution in [2.45, 2.75) is 171 Å². The maximum absolute atomic E-state index is 11.4. The number of carbonyl (C=O) groups is 3. The lowest BCUT2D eigenvalue weighted by Crippen LogP contribution is -2.65. The molecule has 2 saturated heterocycles. The van der Waals surface area contributed by atoms with E-state index in [0.717, 1.165) is 84.0 Å². The molecular weight excluding hydrogens is 672 g/mol. The Hall–Kier alpha value is -2.47. The number of aliphatic hydroxyl groups excluding tert-OH is 5. The molecule has 0 aliphatic carbocycles. The molecule has 0 bridgehead atoms. The molecule has 0 aromatic heterocycles. The summed E-state index contributed by atoms with van der Waals surface area (Å²) < 4.78 is 33.4. The molecule has 0 saturated carbocycles. The van der Waals surface area contributed by atoms with Crippen LogP contribution in [0.3, 0.4) is 0 Å². The minimum absolute atomic E-state index is 0.248. The quantitative estimate of drug-likeness (QED) is 0.0450. The maximum atomic E-state index is 11.4. The number of ether oxygens (including phenoxy) is 6. The van der Waals surface area contributed by atoms with Crippen LogP contribution >= 0.6 is 0 Å². The molecule has 11 atom stereocenters. The van der Waals surface area contributed by atoms with E-state index < -0.39 is 92.0 Å². The number of hydrogen-bond acceptors (Lipinski definition) is 14. The largest absolute Gasteiger partial charge is 0.481 e. The molecule has 5 unspecified atom stereocenters. The molecule has 2 fully saturated rings. The van der Waals surface area contributed by atoms with Crippen molar-refractivity contribution in [3.05, 3.63) is 24.8 Å². The summed E-state index contributed by atoms with van der Waals surface area (Å²) in [4.78, 5) is 33.3. The smallest absolute Gasteiger partial charge is 0.303 e. The number of carbonyl (C=O) groups excluding carboxylic acids is 2. The molecule has 51 heavy (non-hydrogen) atoms. The summed E-state index contributed by atoms with van der Waals surface area (Å²) in [6, 6.07) is 0. The lowest BCUT2D eigenvalue weighted by Gasteiger charge is -2.46. The van der Waals surface area contributed by atoms with Crippen molar-refractivity contribution < 1.29 is 73.4 Å². The third-order valence-corrected chi connectivity index (χ3v) is 8.87. The van der Waals surface area contributed by atoms with Gasteiger partial charge in [-0.2, -0.15) is 0 Å². The topological polar surface area (TPSA) is 228 Å². The molecule has 2 rings (SSSR count). The molecule has 0 amide bonds. The van der Waals surface area contributed by atoms with Gasteiger partial charge in [0.2, 0.25) is 0 Å². The highest BCUT2D eigenvalue weighted by Crippen LogP contribution is 2.31. The van der Waals surface area contributed by atoms with Gasteiger partial charge in [0.15, 0.2) is 12.6 Å². The predicted molar refractivity (Wildman–Crippen MR) is 182 cm³/mol. The van der Waals surface area contributed by atoms with E-state index in [9.17, 15) is 39.9 Å². The monoisotopic (exact) mass is 732 g/mol. The van der Waals surface area contributed by atoms with Crippen molar-refractivity contribution in [2.75, 3.05) is 13.2 Å². The molecule has 6 N–H and O–H groups in total. The van der Waals surface area contributed by atoms with Crippen molar-refractivity contribution in [2.24, 2.45) is 0 Å². The SMILES string of the molecule is C=CC(CCCCCCC/C=C\CCCCCCCC(=O)O)O[C@@H]1OC(COC(C)=O)[C@@H](O)[C@H](O)C1O[C@@H]1OC(COC(C)=O)[C@@H](O)[C@H](O)C1O. The standard InChI is InChI=1S/C36H60O15/c1-4-25(19-17-15-13-11-9-7-5-6-8-10-12-14-16-18-20-28(39)40)48-36-34(32(44)30(42)27(50-36)22-47-24(3)38)51-35-33(45)31(43)29(41)26(49-35)21-46-23(2)37/h4-6,25-27,29-36,41-45H,1,7-22H2,2-3H3,(H,39,40)/b6-5-/t25?,26?,27?,29-,30-,31+,32+,33?,34?,35+,36-/m1/s1. The number of aliphatic hydroxyl groups is 5. The van der Waals surface area contributed by atoms with Crippen LogP contribution in [0.5, 0.6) is 0 Å². The molecule has 2 aliphatic heterocycles. The first-order chi connectivity index (χ1) is 24.3. The Bertz CT molecular complexity index is 1050. The average molecular weight is 733 g/mol. The van der Waals surface area contributed by atoms with Crippen LogP contribution in [0.1, 0.15) is 104 Å². The number of aliphatic carboxylic acids is 1. The second-order valence-corrected chi connectivity index (χ2v) is 13.2. The molecule has 0 radical (unpaired) electrons. The van der Waals surface area contributed by atoms with Crippen LogP contribution in [0, 0.1) is 0 Å². The second-order valence-electron chi connectivity index (χ2n) is 13.2. The number of hydrogen-bond donors (Lipinski definition) is 6. The van der Waals surface area contributed by atoms with Gasteiger partial charge in [-0.05, 0) is 38.5 Å². The first kappa shape index (κ1) is 44.7. The molecule has 2 heterocycles. The molecule has 2 aliphatic rings. The number of unbranched alkanes of at least 4 members (excludes halogenated alkanes) is 10. The fourth-order valence-electron chi connectivity index (χ4n) is 5.87. The summed E-state index contributed by atoms with van der Waals surface area (Å²) in [6.45, 7) is 5.35. The number of esters is 2. The highest BCUT2D eigenvalue weighted by atomic mass is 16.8. The van der Waals surface area contributed by atoms with E-state index in [4.69, 9.17) is 33.5 Å². The Morgan fingerprint density at radius 2 is 1.16 bits per heavy atom. The van der Waals surface area contributed by atoms with E-state index in [1.54, 1.807) is 6.08 Å². The van der Waals surface area contributed by atoms with Crippen molar-refractivity contribution >= 4 is 17.9 Å². The van der Waals surface area contributed by atoms with Crippen LogP contribution in [0.15, 0.2) is 24.8 Å². The maximum Gasteiger partial charge on any atom is 0.303 e. The summed E-state index contributed by atoms with van der Waals surface area (Å²) in [6.07, 6.45) is 2.74. The Morgan fingerprint density at radius 3 is 1.69 bits per heavy atom. The zero-order valence-electron chi connectivity index (χ0n) is 30.0. The third-order valence-electron chi connectivity index (χ3n) is 8.87. The summed E-state index contributed by atoms with van der Waals surface area (Å²) >= 11 is 0. The second kappa shape index (κ2) is 24.7. The fourth-order valence-corrected chi connectivity index (χ4v) is 5.87. The van der Waals surface area contributed by atoms with Crippen LogP contribution in [0.2, 0.25) is 0 Å². The Kier molecular flexibility index (Phi) is 21.7. The Balaban J connectivity index is 1.87. The molecule has 15 nitrogen and oxygen atoms in total. The van der Waals surface area contributed by atoms with Crippen LogP contribution in [0.4, 0.5) is 0 Å². The van der Waals surface area contributed by atoms with Crippen molar-refractivity contribution in [1.29, 1.82) is 0 Å².